The zero-order valence-corrected chi connectivity index (χ0v) is 17.0. The van der Waals surface area contributed by atoms with Crippen molar-refractivity contribution in [1.82, 2.24) is 9.80 Å². The third-order valence-corrected chi connectivity index (χ3v) is 6.94. The van der Waals surface area contributed by atoms with Gasteiger partial charge < -0.3 is 9.80 Å². The van der Waals surface area contributed by atoms with E-state index in [9.17, 15) is 9.59 Å². The third-order valence-electron chi connectivity index (χ3n) is 5.95. The molecule has 0 heterocycles. The van der Waals surface area contributed by atoms with Crippen LogP contribution in [0.5, 0.6) is 0 Å². The molecule has 25 heavy (non-hydrogen) atoms. The molecule has 0 saturated heterocycles. The van der Waals surface area contributed by atoms with Gasteiger partial charge in [-0.25, -0.2) is 0 Å². The van der Waals surface area contributed by atoms with Crippen molar-refractivity contribution in [1.29, 1.82) is 0 Å². The predicted molar refractivity (Wildman–Crippen MR) is 106 cm³/mol. The molecule has 2 rings (SSSR count). The highest BCUT2D eigenvalue weighted by atomic mass is 32.2. The van der Waals surface area contributed by atoms with E-state index in [-0.39, 0.29) is 11.8 Å². The zero-order valence-electron chi connectivity index (χ0n) is 16.2. The molecule has 0 atom stereocenters. The highest BCUT2D eigenvalue weighted by Gasteiger charge is 2.23. The van der Waals surface area contributed by atoms with E-state index in [2.05, 4.69) is 0 Å². The van der Waals surface area contributed by atoms with Gasteiger partial charge in [0.25, 0.3) is 0 Å². The van der Waals surface area contributed by atoms with Crippen LogP contribution in [-0.4, -0.2) is 59.3 Å². The highest BCUT2D eigenvalue weighted by molar-refractivity contribution is 7.99. The Hall–Kier alpha value is -0.710. The van der Waals surface area contributed by atoms with Gasteiger partial charge in [-0.15, -0.1) is 0 Å². The minimum Gasteiger partial charge on any atom is -0.343 e. The summed E-state index contributed by atoms with van der Waals surface area (Å²) in [5.41, 5.74) is 0. The van der Waals surface area contributed by atoms with Crippen molar-refractivity contribution in [3.05, 3.63) is 0 Å². The second kappa shape index (κ2) is 11.1. The molecule has 2 amide bonds. The summed E-state index contributed by atoms with van der Waals surface area (Å²) >= 11 is 1.74. The quantitative estimate of drug-likeness (QED) is 0.606. The molecule has 0 aromatic rings. The number of carbonyl (C=O) groups excluding carboxylic acids is 2. The van der Waals surface area contributed by atoms with Crippen LogP contribution in [0.3, 0.4) is 0 Å². The average Bonchev–Trinajstić information content (AvgIpc) is 2.67. The van der Waals surface area contributed by atoms with Gasteiger partial charge in [0.05, 0.1) is 0 Å². The molecule has 2 fully saturated rings. The monoisotopic (exact) mass is 368 g/mol. The van der Waals surface area contributed by atoms with Crippen LogP contribution in [0, 0.1) is 0 Å². The maximum Gasteiger partial charge on any atom is 0.223 e. The fourth-order valence-corrected chi connectivity index (χ4v) is 4.96. The SMILES string of the molecule is CN(C(=O)CCSCCC(=O)N(C)C1CCCCC1)C1CCCCC1. The van der Waals surface area contributed by atoms with Crippen LogP contribution in [0.1, 0.15) is 77.0 Å². The summed E-state index contributed by atoms with van der Waals surface area (Å²) in [6.07, 6.45) is 13.5. The van der Waals surface area contributed by atoms with E-state index in [4.69, 9.17) is 0 Å². The van der Waals surface area contributed by atoms with Gasteiger partial charge in [0.2, 0.25) is 11.8 Å². The topological polar surface area (TPSA) is 40.6 Å². The summed E-state index contributed by atoms with van der Waals surface area (Å²) in [5, 5.41) is 0. The Morgan fingerprint density at radius 2 is 1.08 bits per heavy atom. The first-order valence-corrected chi connectivity index (χ1v) is 11.3. The number of amides is 2. The number of thioether (sulfide) groups is 1. The lowest BCUT2D eigenvalue weighted by atomic mass is 9.94. The second-order valence-corrected chi connectivity index (χ2v) is 8.93. The first kappa shape index (κ1) is 20.6. The van der Waals surface area contributed by atoms with E-state index >= 15 is 0 Å². The Morgan fingerprint density at radius 3 is 1.44 bits per heavy atom. The second-order valence-electron chi connectivity index (χ2n) is 7.71. The molecule has 0 aromatic carbocycles. The fraction of sp³-hybridized carbons (Fsp3) is 0.900. The maximum atomic E-state index is 12.3. The Kier molecular flexibility index (Phi) is 9.14. The maximum absolute atomic E-state index is 12.3. The average molecular weight is 369 g/mol. The van der Waals surface area contributed by atoms with Crippen molar-refractivity contribution in [3.63, 3.8) is 0 Å². The van der Waals surface area contributed by atoms with Gasteiger partial charge in [0, 0.05) is 50.5 Å². The summed E-state index contributed by atoms with van der Waals surface area (Å²) in [7, 11) is 3.93. The van der Waals surface area contributed by atoms with Gasteiger partial charge in [0.1, 0.15) is 0 Å². The van der Waals surface area contributed by atoms with Gasteiger partial charge in [-0.05, 0) is 25.7 Å². The number of hydrogen-bond donors (Lipinski definition) is 0. The van der Waals surface area contributed by atoms with Crippen LogP contribution in [0.25, 0.3) is 0 Å². The molecule has 144 valence electrons. The number of nitrogens with zero attached hydrogens (tertiary/aromatic N) is 2. The van der Waals surface area contributed by atoms with E-state index < -0.39 is 0 Å². The van der Waals surface area contributed by atoms with E-state index in [0.29, 0.717) is 24.9 Å². The van der Waals surface area contributed by atoms with Crippen LogP contribution in [0.15, 0.2) is 0 Å². The van der Waals surface area contributed by atoms with Crippen molar-refractivity contribution in [2.24, 2.45) is 0 Å². The largest absolute Gasteiger partial charge is 0.343 e. The standard InChI is InChI=1S/C20H36N2O2S/c1-21(17-9-5-3-6-10-17)19(23)13-15-25-16-14-20(24)22(2)18-11-7-4-8-12-18/h17-18H,3-16H2,1-2H3. The Morgan fingerprint density at radius 1 is 0.720 bits per heavy atom. The van der Waals surface area contributed by atoms with Crippen LogP contribution in [0.4, 0.5) is 0 Å². The lowest BCUT2D eigenvalue weighted by molar-refractivity contribution is -0.132. The summed E-state index contributed by atoms with van der Waals surface area (Å²) in [5.74, 6) is 2.20. The molecule has 2 aliphatic carbocycles. The van der Waals surface area contributed by atoms with Crippen LogP contribution in [-0.2, 0) is 9.59 Å². The van der Waals surface area contributed by atoms with Crippen LogP contribution in [0.2, 0.25) is 0 Å². The molecule has 0 spiro atoms. The lowest BCUT2D eigenvalue weighted by Gasteiger charge is -2.31. The minimum absolute atomic E-state index is 0.269. The van der Waals surface area contributed by atoms with Crippen LogP contribution < -0.4 is 0 Å². The number of rotatable bonds is 8. The molecule has 0 unspecified atom stereocenters. The van der Waals surface area contributed by atoms with Gasteiger partial charge in [-0.3, -0.25) is 9.59 Å². The van der Waals surface area contributed by atoms with Crippen LogP contribution >= 0.6 is 11.8 Å². The predicted octanol–water partition coefficient (Wildman–Crippen LogP) is 4.08. The third kappa shape index (κ3) is 6.84. The lowest BCUT2D eigenvalue weighted by Crippen LogP contribution is -2.38. The summed E-state index contributed by atoms with van der Waals surface area (Å²) in [6.45, 7) is 0. The number of hydrogen-bond acceptors (Lipinski definition) is 3. The molecular formula is C20H36N2O2S. The molecule has 4 nitrogen and oxygen atoms in total. The minimum atomic E-state index is 0.269. The van der Waals surface area contributed by atoms with E-state index in [0.717, 1.165) is 37.2 Å². The summed E-state index contributed by atoms with van der Waals surface area (Å²) < 4.78 is 0. The molecule has 0 aromatic heterocycles. The highest BCUT2D eigenvalue weighted by Crippen LogP contribution is 2.23. The molecule has 2 saturated carbocycles. The van der Waals surface area contributed by atoms with E-state index in [1.807, 2.05) is 23.9 Å². The zero-order chi connectivity index (χ0) is 18.1. The van der Waals surface area contributed by atoms with Crippen molar-refractivity contribution in [2.45, 2.75) is 89.1 Å². The molecule has 0 radical (unpaired) electrons. The Bertz CT molecular complexity index is 380. The summed E-state index contributed by atoms with van der Waals surface area (Å²) in [4.78, 5) is 28.5. The molecule has 5 heteroatoms. The summed E-state index contributed by atoms with van der Waals surface area (Å²) in [6, 6.07) is 0.911. The normalized spacial score (nSPS) is 19.6. The molecule has 0 bridgehead atoms. The smallest absolute Gasteiger partial charge is 0.223 e. The van der Waals surface area contributed by atoms with Gasteiger partial charge in [-0.1, -0.05) is 38.5 Å². The molecular weight excluding hydrogens is 332 g/mol. The Balaban J connectivity index is 1.56. The molecule has 0 N–H and O–H groups in total. The number of carbonyl (C=O) groups is 2. The van der Waals surface area contributed by atoms with Gasteiger partial charge in [-0.2, -0.15) is 11.8 Å². The van der Waals surface area contributed by atoms with E-state index in [1.54, 1.807) is 11.8 Å². The van der Waals surface area contributed by atoms with E-state index in [1.165, 1.54) is 38.5 Å². The van der Waals surface area contributed by atoms with Gasteiger partial charge >= 0.3 is 0 Å². The first-order valence-electron chi connectivity index (χ1n) is 10.2. The van der Waals surface area contributed by atoms with Crippen molar-refractivity contribution >= 4 is 23.6 Å². The fourth-order valence-electron chi connectivity index (χ4n) is 4.12. The van der Waals surface area contributed by atoms with Gasteiger partial charge in [0.15, 0.2) is 0 Å². The van der Waals surface area contributed by atoms with Crippen molar-refractivity contribution in [2.75, 3.05) is 25.6 Å². The molecule has 2 aliphatic rings. The van der Waals surface area contributed by atoms with Crippen molar-refractivity contribution in [3.8, 4) is 0 Å². The van der Waals surface area contributed by atoms with Crippen molar-refractivity contribution < 1.29 is 9.59 Å². The molecule has 0 aliphatic heterocycles. The first-order chi connectivity index (χ1) is 12.1. The Labute approximate surface area is 158 Å².